The Balaban J connectivity index is 0.000000704. The quantitative estimate of drug-likeness (QED) is 0.881. The van der Waals surface area contributed by atoms with Crippen LogP contribution in [-0.2, 0) is 13.0 Å². The summed E-state index contributed by atoms with van der Waals surface area (Å²) in [5.41, 5.74) is 8.49. The molecular weight excluding hydrogens is 291 g/mol. The molecule has 1 heterocycles. The molecule has 1 atom stereocenters. The molecule has 2 nitrogen and oxygen atoms in total. The summed E-state index contributed by atoms with van der Waals surface area (Å²) < 4.78 is 0. The number of hydrogen-bond donors (Lipinski definition) is 2. The van der Waals surface area contributed by atoms with Gasteiger partial charge in [0.2, 0.25) is 0 Å². The molecule has 106 valence electrons. The lowest BCUT2D eigenvalue weighted by Crippen LogP contribution is -2.14. The molecule has 0 spiro atoms. The highest BCUT2D eigenvalue weighted by Gasteiger charge is 2.21. The zero-order valence-electron chi connectivity index (χ0n) is 11.4. The Kier molecular flexibility index (Phi) is 5.44. The number of benzene rings is 2. The normalized spacial score (nSPS) is 16.3. The van der Waals surface area contributed by atoms with Crippen LogP contribution >= 0.6 is 23.2 Å². The predicted molar refractivity (Wildman–Crippen MR) is 86.3 cm³/mol. The molecule has 2 aromatic rings. The van der Waals surface area contributed by atoms with Crippen molar-refractivity contribution in [1.82, 2.24) is 5.32 Å². The average Bonchev–Trinajstić information content (AvgIpc) is 2.89. The second kappa shape index (κ2) is 7.09. The van der Waals surface area contributed by atoms with Crippen molar-refractivity contribution < 1.29 is 0 Å². The average molecular weight is 309 g/mol. The number of halogens is 2. The van der Waals surface area contributed by atoms with Gasteiger partial charge in [-0.05, 0) is 42.3 Å². The molecule has 0 amide bonds. The lowest BCUT2D eigenvalue weighted by Gasteiger charge is -2.12. The summed E-state index contributed by atoms with van der Waals surface area (Å²) in [4.78, 5) is 0. The maximum atomic E-state index is 6.05. The van der Waals surface area contributed by atoms with E-state index >= 15 is 0 Å². The van der Waals surface area contributed by atoms with E-state index in [4.69, 9.17) is 23.2 Å². The van der Waals surface area contributed by atoms with Gasteiger partial charge in [-0.25, -0.2) is 0 Å². The van der Waals surface area contributed by atoms with Gasteiger partial charge in [-0.3, -0.25) is 0 Å². The van der Waals surface area contributed by atoms with Crippen molar-refractivity contribution in [2.24, 2.45) is 5.73 Å². The summed E-state index contributed by atoms with van der Waals surface area (Å²) in [5, 5.41) is 4.77. The second-order valence-electron chi connectivity index (χ2n) is 4.58. The Morgan fingerprint density at radius 3 is 2.60 bits per heavy atom. The van der Waals surface area contributed by atoms with Crippen LogP contribution in [0.2, 0.25) is 10.0 Å². The van der Waals surface area contributed by atoms with E-state index in [9.17, 15) is 0 Å². The number of nitrogens with two attached hydrogens (primary N) is 1. The molecule has 3 N–H and O–H groups in total. The van der Waals surface area contributed by atoms with E-state index in [-0.39, 0.29) is 0 Å². The van der Waals surface area contributed by atoms with Gasteiger partial charge in [0, 0.05) is 12.6 Å². The first kappa shape index (κ1) is 15.3. The summed E-state index contributed by atoms with van der Waals surface area (Å²) >= 11 is 12.0. The van der Waals surface area contributed by atoms with Crippen molar-refractivity contribution in [2.75, 3.05) is 7.05 Å². The molecule has 1 unspecified atom stereocenters. The fourth-order valence-corrected chi connectivity index (χ4v) is 2.78. The van der Waals surface area contributed by atoms with Crippen LogP contribution in [0.3, 0.4) is 0 Å². The summed E-state index contributed by atoms with van der Waals surface area (Å²) in [6.45, 7) is 0.947. The number of fused-ring (bicyclic) bond motifs is 1. The highest BCUT2D eigenvalue weighted by Crippen LogP contribution is 2.30. The third kappa shape index (κ3) is 3.33. The molecule has 3 rings (SSSR count). The second-order valence-corrected chi connectivity index (χ2v) is 5.40. The van der Waals surface area contributed by atoms with Gasteiger partial charge in [-0.1, -0.05) is 53.5 Å². The van der Waals surface area contributed by atoms with E-state index in [1.165, 1.54) is 23.7 Å². The topological polar surface area (TPSA) is 38.0 Å². The first-order valence-corrected chi connectivity index (χ1v) is 7.32. The number of hydrogen-bond acceptors (Lipinski definition) is 2. The lowest BCUT2D eigenvalue weighted by atomic mass is 9.99. The van der Waals surface area contributed by atoms with Crippen molar-refractivity contribution in [3.63, 3.8) is 0 Å². The third-order valence-corrected chi connectivity index (χ3v) is 4.13. The van der Waals surface area contributed by atoms with E-state index in [0.29, 0.717) is 16.1 Å². The molecule has 0 saturated carbocycles. The minimum atomic E-state index is 0.374. The van der Waals surface area contributed by atoms with Gasteiger partial charge in [-0.2, -0.15) is 0 Å². The highest BCUT2D eigenvalue weighted by atomic mass is 35.5. The number of nitrogens with one attached hydrogen (secondary N) is 1. The van der Waals surface area contributed by atoms with Crippen LogP contribution in [0.1, 0.15) is 22.7 Å². The molecular formula is C16H18Cl2N2. The molecule has 0 aromatic heterocycles. The summed E-state index contributed by atoms with van der Waals surface area (Å²) in [6.07, 6.45) is 0.938. The van der Waals surface area contributed by atoms with E-state index < -0.39 is 0 Å². The van der Waals surface area contributed by atoms with Gasteiger partial charge in [-0.15, -0.1) is 0 Å². The highest BCUT2D eigenvalue weighted by molar-refractivity contribution is 6.42. The number of rotatable bonds is 2. The molecule has 0 fully saturated rings. The molecule has 0 saturated heterocycles. The molecule has 20 heavy (non-hydrogen) atoms. The van der Waals surface area contributed by atoms with Gasteiger partial charge >= 0.3 is 0 Å². The van der Waals surface area contributed by atoms with Gasteiger partial charge < -0.3 is 11.1 Å². The van der Waals surface area contributed by atoms with Crippen LogP contribution < -0.4 is 11.1 Å². The van der Waals surface area contributed by atoms with Crippen LogP contribution in [0.15, 0.2) is 42.5 Å². The summed E-state index contributed by atoms with van der Waals surface area (Å²) in [6, 6.07) is 14.8. The zero-order valence-corrected chi connectivity index (χ0v) is 12.9. The SMILES string of the molecule is CN.Clc1ccc(CC2NCc3ccccc32)cc1Cl. The largest absolute Gasteiger partial charge is 0.333 e. The smallest absolute Gasteiger partial charge is 0.0595 e. The molecule has 0 bridgehead atoms. The standard InChI is InChI=1S/C15H13Cl2N.CH5N/c16-13-6-5-10(7-14(13)17)8-15-12-4-2-1-3-11(12)9-18-15;1-2/h1-7,15,18H,8-9H2;2H2,1H3. The molecule has 1 aliphatic heterocycles. The monoisotopic (exact) mass is 308 g/mol. The predicted octanol–water partition coefficient (Wildman–Crippen LogP) is 3.96. The minimum Gasteiger partial charge on any atom is -0.333 e. The molecule has 0 radical (unpaired) electrons. The Morgan fingerprint density at radius 1 is 1.10 bits per heavy atom. The van der Waals surface area contributed by atoms with Crippen molar-refractivity contribution in [3.8, 4) is 0 Å². The molecule has 1 aliphatic rings. The van der Waals surface area contributed by atoms with Crippen LogP contribution in [-0.4, -0.2) is 7.05 Å². The third-order valence-electron chi connectivity index (χ3n) is 3.39. The van der Waals surface area contributed by atoms with E-state index in [1.807, 2.05) is 18.2 Å². The molecule has 2 aromatic carbocycles. The molecule has 0 aliphatic carbocycles. The first-order chi connectivity index (χ1) is 9.74. The summed E-state index contributed by atoms with van der Waals surface area (Å²) in [5.74, 6) is 0. The minimum absolute atomic E-state index is 0.374. The lowest BCUT2D eigenvalue weighted by molar-refractivity contribution is 0.581. The van der Waals surface area contributed by atoms with E-state index in [2.05, 4.69) is 35.3 Å². The Labute approximate surface area is 129 Å². The Morgan fingerprint density at radius 2 is 1.85 bits per heavy atom. The van der Waals surface area contributed by atoms with Crippen molar-refractivity contribution >= 4 is 23.2 Å². The van der Waals surface area contributed by atoms with Crippen LogP contribution in [0.5, 0.6) is 0 Å². The van der Waals surface area contributed by atoms with Gasteiger partial charge in [0.15, 0.2) is 0 Å². The first-order valence-electron chi connectivity index (χ1n) is 6.57. The van der Waals surface area contributed by atoms with Crippen molar-refractivity contribution in [2.45, 2.75) is 19.0 Å². The van der Waals surface area contributed by atoms with E-state index in [0.717, 1.165) is 13.0 Å². The fourth-order valence-electron chi connectivity index (χ4n) is 2.46. The maximum absolute atomic E-state index is 6.05. The van der Waals surface area contributed by atoms with Crippen LogP contribution in [0.4, 0.5) is 0 Å². The zero-order chi connectivity index (χ0) is 14.5. The van der Waals surface area contributed by atoms with Crippen molar-refractivity contribution in [3.05, 3.63) is 69.2 Å². The van der Waals surface area contributed by atoms with Gasteiger partial charge in [0.05, 0.1) is 10.0 Å². The van der Waals surface area contributed by atoms with E-state index in [1.54, 1.807) is 0 Å². The van der Waals surface area contributed by atoms with Gasteiger partial charge in [0.25, 0.3) is 0 Å². The fraction of sp³-hybridized carbons (Fsp3) is 0.250. The maximum Gasteiger partial charge on any atom is 0.0595 e. The van der Waals surface area contributed by atoms with Crippen molar-refractivity contribution in [1.29, 1.82) is 0 Å². The Bertz CT molecular complexity index is 584. The molecule has 4 heteroatoms. The van der Waals surface area contributed by atoms with Crippen LogP contribution in [0, 0.1) is 0 Å². The summed E-state index contributed by atoms with van der Waals surface area (Å²) in [7, 11) is 1.50. The Hall–Kier alpha value is -1.06. The van der Waals surface area contributed by atoms with Crippen LogP contribution in [0.25, 0.3) is 0 Å². The van der Waals surface area contributed by atoms with Gasteiger partial charge in [0.1, 0.15) is 0 Å².